The highest BCUT2D eigenvalue weighted by Crippen LogP contribution is 2.29. The molecule has 2 aromatic carbocycles. The standard InChI is InChI=1S/C23H26N4O3/c1-14-5-7-17(15(2)9-14)18-11-19-23(28)25-13-22(27(19)26-18)24-12-16-6-8-20(29-3)21(10-16)30-4/h5-11,22,24H,12-13H2,1-4H3,(H,25,28)/t22-/m0/s1. The Balaban J connectivity index is 1.58. The van der Waals surface area contributed by atoms with Crippen molar-refractivity contribution >= 4 is 5.91 Å². The van der Waals surface area contributed by atoms with Crippen molar-refractivity contribution in [1.29, 1.82) is 0 Å². The van der Waals surface area contributed by atoms with Crippen molar-refractivity contribution in [2.45, 2.75) is 26.6 Å². The summed E-state index contributed by atoms with van der Waals surface area (Å²) in [6, 6.07) is 13.9. The van der Waals surface area contributed by atoms with Gasteiger partial charge in [0.1, 0.15) is 11.9 Å². The van der Waals surface area contributed by atoms with Crippen molar-refractivity contribution in [1.82, 2.24) is 20.4 Å². The molecule has 0 unspecified atom stereocenters. The van der Waals surface area contributed by atoms with Crippen LogP contribution in [0.3, 0.4) is 0 Å². The summed E-state index contributed by atoms with van der Waals surface area (Å²) in [5, 5.41) is 11.2. The fourth-order valence-electron chi connectivity index (χ4n) is 3.79. The van der Waals surface area contributed by atoms with Gasteiger partial charge < -0.3 is 14.8 Å². The highest BCUT2D eigenvalue weighted by Gasteiger charge is 2.27. The third-order valence-electron chi connectivity index (χ3n) is 5.37. The maximum Gasteiger partial charge on any atom is 0.269 e. The van der Waals surface area contributed by atoms with Crippen molar-refractivity contribution < 1.29 is 14.3 Å². The van der Waals surface area contributed by atoms with Gasteiger partial charge in [0.15, 0.2) is 11.5 Å². The largest absolute Gasteiger partial charge is 0.493 e. The lowest BCUT2D eigenvalue weighted by molar-refractivity contribution is 0.0900. The van der Waals surface area contributed by atoms with Gasteiger partial charge in [0.2, 0.25) is 0 Å². The van der Waals surface area contributed by atoms with Gasteiger partial charge in [-0.1, -0.05) is 29.8 Å². The van der Waals surface area contributed by atoms with Crippen LogP contribution in [0.2, 0.25) is 0 Å². The number of hydrogen-bond acceptors (Lipinski definition) is 5. The summed E-state index contributed by atoms with van der Waals surface area (Å²) in [4.78, 5) is 12.4. The third kappa shape index (κ3) is 3.76. The molecule has 1 atom stereocenters. The zero-order valence-corrected chi connectivity index (χ0v) is 17.7. The monoisotopic (exact) mass is 406 g/mol. The fraction of sp³-hybridized carbons (Fsp3) is 0.304. The number of aromatic nitrogens is 2. The number of carbonyl (C=O) groups is 1. The van der Waals surface area contributed by atoms with Gasteiger partial charge >= 0.3 is 0 Å². The highest BCUT2D eigenvalue weighted by atomic mass is 16.5. The lowest BCUT2D eigenvalue weighted by atomic mass is 10.0. The Labute approximate surface area is 176 Å². The maximum atomic E-state index is 12.4. The second kappa shape index (κ2) is 8.20. The van der Waals surface area contributed by atoms with Crippen molar-refractivity contribution in [3.05, 3.63) is 64.8 Å². The summed E-state index contributed by atoms with van der Waals surface area (Å²) in [5.74, 6) is 1.27. The fourth-order valence-corrected chi connectivity index (χ4v) is 3.79. The SMILES string of the molecule is COc1ccc(CN[C@@H]2CNC(=O)c3cc(-c4ccc(C)cc4C)nn32)cc1OC. The van der Waals surface area contributed by atoms with Crippen LogP contribution in [0.15, 0.2) is 42.5 Å². The molecule has 2 N–H and O–H groups in total. The summed E-state index contributed by atoms with van der Waals surface area (Å²) < 4.78 is 12.5. The van der Waals surface area contributed by atoms with E-state index in [1.165, 1.54) is 5.56 Å². The van der Waals surface area contributed by atoms with Crippen LogP contribution in [-0.4, -0.2) is 36.5 Å². The molecule has 30 heavy (non-hydrogen) atoms. The average molecular weight is 406 g/mol. The van der Waals surface area contributed by atoms with E-state index in [4.69, 9.17) is 14.6 Å². The number of amides is 1. The molecule has 156 valence electrons. The van der Waals surface area contributed by atoms with E-state index in [0.717, 1.165) is 22.4 Å². The number of methoxy groups -OCH3 is 2. The number of rotatable bonds is 6. The Morgan fingerprint density at radius 3 is 2.63 bits per heavy atom. The average Bonchev–Trinajstić information content (AvgIpc) is 3.19. The molecule has 1 aliphatic rings. The predicted molar refractivity (Wildman–Crippen MR) is 115 cm³/mol. The van der Waals surface area contributed by atoms with Crippen LogP contribution in [0, 0.1) is 13.8 Å². The molecule has 7 nitrogen and oxygen atoms in total. The first-order valence-corrected chi connectivity index (χ1v) is 9.90. The smallest absolute Gasteiger partial charge is 0.269 e. The molecule has 7 heteroatoms. The normalized spacial score (nSPS) is 15.5. The number of carbonyl (C=O) groups excluding carboxylic acids is 1. The maximum absolute atomic E-state index is 12.4. The van der Waals surface area contributed by atoms with Crippen LogP contribution in [0.5, 0.6) is 11.5 Å². The molecule has 2 heterocycles. The van der Waals surface area contributed by atoms with Crippen LogP contribution in [-0.2, 0) is 6.54 Å². The Morgan fingerprint density at radius 2 is 1.90 bits per heavy atom. The minimum atomic E-state index is -0.148. The van der Waals surface area contributed by atoms with E-state index in [2.05, 4.69) is 42.7 Å². The Kier molecular flexibility index (Phi) is 5.46. The number of nitrogens with one attached hydrogen (secondary N) is 2. The van der Waals surface area contributed by atoms with E-state index < -0.39 is 0 Å². The zero-order valence-electron chi connectivity index (χ0n) is 17.7. The topological polar surface area (TPSA) is 77.4 Å². The number of benzene rings is 2. The van der Waals surface area contributed by atoms with Gasteiger partial charge in [0.25, 0.3) is 5.91 Å². The molecule has 0 bridgehead atoms. The van der Waals surface area contributed by atoms with E-state index in [1.807, 2.05) is 24.3 Å². The van der Waals surface area contributed by atoms with Crippen molar-refractivity contribution in [2.24, 2.45) is 0 Å². The Morgan fingerprint density at radius 1 is 1.10 bits per heavy atom. The van der Waals surface area contributed by atoms with Gasteiger partial charge in [-0.2, -0.15) is 5.10 Å². The molecular weight excluding hydrogens is 380 g/mol. The Hall–Kier alpha value is -3.32. The minimum Gasteiger partial charge on any atom is -0.493 e. The molecule has 1 aromatic heterocycles. The molecule has 0 saturated carbocycles. The number of aryl methyl sites for hydroxylation is 2. The molecule has 4 rings (SSSR count). The van der Waals surface area contributed by atoms with Gasteiger partial charge in [-0.05, 0) is 43.2 Å². The number of fused-ring (bicyclic) bond motifs is 1. The molecule has 0 fully saturated rings. The van der Waals surface area contributed by atoms with E-state index in [1.54, 1.807) is 18.9 Å². The first-order chi connectivity index (χ1) is 14.5. The molecule has 1 amide bonds. The first kappa shape index (κ1) is 20.0. The van der Waals surface area contributed by atoms with Crippen molar-refractivity contribution in [3.8, 4) is 22.8 Å². The van der Waals surface area contributed by atoms with Crippen LogP contribution < -0.4 is 20.1 Å². The zero-order chi connectivity index (χ0) is 21.3. The van der Waals surface area contributed by atoms with Crippen LogP contribution in [0.25, 0.3) is 11.3 Å². The van der Waals surface area contributed by atoms with Crippen molar-refractivity contribution in [2.75, 3.05) is 20.8 Å². The molecular formula is C23H26N4O3. The second-order valence-electron chi connectivity index (χ2n) is 7.47. The van der Waals surface area contributed by atoms with E-state index >= 15 is 0 Å². The van der Waals surface area contributed by atoms with Gasteiger partial charge in [0, 0.05) is 12.1 Å². The Bertz CT molecular complexity index is 1090. The number of hydrogen-bond donors (Lipinski definition) is 2. The number of nitrogens with zero attached hydrogens (tertiary/aromatic N) is 2. The molecule has 1 aliphatic heterocycles. The molecule has 0 aliphatic carbocycles. The summed E-state index contributed by atoms with van der Waals surface area (Å²) in [5.41, 5.74) is 5.79. The van der Waals surface area contributed by atoms with Gasteiger partial charge in [-0.15, -0.1) is 0 Å². The first-order valence-electron chi connectivity index (χ1n) is 9.90. The van der Waals surface area contributed by atoms with Crippen LogP contribution >= 0.6 is 0 Å². The van der Waals surface area contributed by atoms with E-state index in [9.17, 15) is 4.79 Å². The molecule has 0 radical (unpaired) electrons. The van der Waals surface area contributed by atoms with Gasteiger partial charge in [-0.3, -0.25) is 10.1 Å². The number of ether oxygens (including phenoxy) is 2. The van der Waals surface area contributed by atoms with Crippen LogP contribution in [0.4, 0.5) is 0 Å². The molecule has 0 spiro atoms. The quantitative estimate of drug-likeness (QED) is 0.657. The second-order valence-corrected chi connectivity index (χ2v) is 7.47. The van der Waals surface area contributed by atoms with Crippen molar-refractivity contribution in [3.63, 3.8) is 0 Å². The molecule has 3 aromatic rings. The predicted octanol–water partition coefficient (Wildman–Crippen LogP) is 3.22. The van der Waals surface area contributed by atoms with E-state index in [-0.39, 0.29) is 12.1 Å². The summed E-state index contributed by atoms with van der Waals surface area (Å²) in [6.07, 6.45) is -0.148. The van der Waals surface area contributed by atoms with Gasteiger partial charge in [0.05, 0.1) is 26.5 Å². The minimum absolute atomic E-state index is 0.109. The van der Waals surface area contributed by atoms with Gasteiger partial charge in [-0.25, -0.2) is 4.68 Å². The van der Waals surface area contributed by atoms with E-state index in [0.29, 0.717) is 30.3 Å². The summed E-state index contributed by atoms with van der Waals surface area (Å²) in [6.45, 7) is 5.19. The summed E-state index contributed by atoms with van der Waals surface area (Å²) in [7, 11) is 3.24. The highest BCUT2D eigenvalue weighted by molar-refractivity contribution is 5.94. The lowest BCUT2D eigenvalue weighted by Crippen LogP contribution is -2.45. The lowest BCUT2D eigenvalue weighted by Gasteiger charge is -2.26. The molecule has 0 saturated heterocycles. The van der Waals surface area contributed by atoms with Crippen LogP contribution in [0.1, 0.15) is 33.3 Å². The summed E-state index contributed by atoms with van der Waals surface area (Å²) >= 11 is 0. The third-order valence-corrected chi connectivity index (χ3v) is 5.37.